The molecule has 0 bridgehead atoms. The van der Waals surface area contributed by atoms with Crippen LogP contribution in [0.25, 0.3) is 0 Å². The Hall–Kier alpha value is -1.55. The molecule has 0 aromatic heterocycles. The van der Waals surface area contributed by atoms with E-state index >= 15 is 0 Å². The molecule has 0 heterocycles. The predicted molar refractivity (Wildman–Crippen MR) is 39.1 cm³/mol. The Morgan fingerprint density at radius 3 is 2.25 bits per heavy atom. The van der Waals surface area contributed by atoms with Crippen LogP contribution < -0.4 is 4.74 Å². The average Bonchev–Trinajstić information content (AvgIpc) is 2.17. The summed E-state index contributed by atoms with van der Waals surface area (Å²) in [5, 5.41) is 9.70. The number of benzene rings is 1. The summed E-state index contributed by atoms with van der Waals surface area (Å²) in [5.41, 5.74) is 0.214. The Kier molecular flexibility index (Phi) is 2.66. The monoisotopic (exact) mass is 167 g/mol. The maximum Gasteiger partial charge on any atom is 0.376 e. The molecule has 1 radical (unpaired) electrons. The summed E-state index contributed by atoms with van der Waals surface area (Å²) in [7, 11) is 1.51. The van der Waals surface area contributed by atoms with E-state index in [0.717, 1.165) is 0 Å². The summed E-state index contributed by atoms with van der Waals surface area (Å²) in [4.78, 5) is 13.9. The second-order valence-electron chi connectivity index (χ2n) is 2.10. The molecule has 12 heavy (non-hydrogen) atoms. The first-order chi connectivity index (χ1) is 5.77. The number of hydrogen-bond donors (Lipinski definition) is 0. The normalized spacial score (nSPS) is 9.17. The van der Waals surface area contributed by atoms with E-state index in [1.165, 1.54) is 19.2 Å². The molecule has 0 N–H and O–H groups in total. The third-order valence-electron chi connectivity index (χ3n) is 1.40. The van der Waals surface area contributed by atoms with Crippen molar-refractivity contribution in [3.63, 3.8) is 0 Å². The van der Waals surface area contributed by atoms with E-state index in [0.29, 0.717) is 5.75 Å². The van der Waals surface area contributed by atoms with Gasteiger partial charge in [0.2, 0.25) is 0 Å². The number of methoxy groups -OCH3 is 1. The lowest BCUT2D eigenvalue weighted by atomic mass is 10.2. The maximum atomic E-state index is 10.6. The first-order valence-corrected chi connectivity index (χ1v) is 3.26. The Balaban J connectivity index is 2.84. The van der Waals surface area contributed by atoms with Gasteiger partial charge in [0.15, 0.2) is 0 Å². The number of carbonyl (C=O) groups is 1. The molecular weight excluding hydrogens is 160 g/mol. The molecule has 1 aromatic carbocycles. The Labute approximate surface area is 69.3 Å². The molecule has 0 spiro atoms. The summed E-state index contributed by atoms with van der Waals surface area (Å²) >= 11 is 0. The fourth-order valence-corrected chi connectivity index (χ4v) is 0.775. The molecule has 0 unspecified atom stereocenters. The molecule has 4 heteroatoms. The summed E-state index contributed by atoms with van der Waals surface area (Å²) in [6.07, 6.45) is 0. The van der Waals surface area contributed by atoms with E-state index in [1.54, 1.807) is 12.1 Å². The van der Waals surface area contributed by atoms with Gasteiger partial charge in [0.25, 0.3) is 0 Å². The lowest BCUT2D eigenvalue weighted by Gasteiger charge is -1.98. The number of hydrogen-bond acceptors (Lipinski definition) is 3. The highest BCUT2D eigenvalue weighted by atomic mass is 17.1. The highest BCUT2D eigenvalue weighted by Gasteiger charge is 2.06. The lowest BCUT2D eigenvalue weighted by Crippen LogP contribution is -1.99. The fraction of sp³-hybridized carbons (Fsp3) is 0.125. The third-order valence-corrected chi connectivity index (χ3v) is 1.40. The van der Waals surface area contributed by atoms with Crippen molar-refractivity contribution in [2.24, 2.45) is 0 Å². The van der Waals surface area contributed by atoms with Crippen molar-refractivity contribution in [2.75, 3.05) is 7.11 Å². The van der Waals surface area contributed by atoms with Crippen molar-refractivity contribution in [2.45, 2.75) is 0 Å². The van der Waals surface area contributed by atoms with Crippen molar-refractivity contribution < 1.29 is 19.7 Å². The molecule has 4 nitrogen and oxygen atoms in total. The van der Waals surface area contributed by atoms with E-state index in [4.69, 9.17) is 4.74 Å². The molecule has 0 aliphatic heterocycles. The van der Waals surface area contributed by atoms with E-state index in [9.17, 15) is 10.1 Å². The molecule has 0 atom stereocenters. The van der Waals surface area contributed by atoms with E-state index in [2.05, 4.69) is 4.89 Å². The first-order valence-electron chi connectivity index (χ1n) is 3.26. The molecule has 0 amide bonds. The first kappa shape index (κ1) is 8.55. The second kappa shape index (κ2) is 3.73. The fourth-order valence-electron chi connectivity index (χ4n) is 0.775. The molecule has 0 saturated heterocycles. The number of carbonyl (C=O) groups excluding carboxylic acids is 1. The van der Waals surface area contributed by atoms with Crippen LogP contribution >= 0.6 is 0 Å². The molecule has 0 aliphatic rings. The largest absolute Gasteiger partial charge is 0.497 e. The van der Waals surface area contributed by atoms with Gasteiger partial charge in [-0.1, -0.05) is 0 Å². The molecule has 0 aliphatic carbocycles. The van der Waals surface area contributed by atoms with Gasteiger partial charge in [-0.15, -0.1) is 0 Å². The smallest absolute Gasteiger partial charge is 0.376 e. The number of ether oxygens (including phenoxy) is 1. The quantitative estimate of drug-likeness (QED) is 0.491. The highest BCUT2D eigenvalue weighted by molar-refractivity contribution is 5.88. The number of rotatable bonds is 2. The minimum atomic E-state index is -0.891. The van der Waals surface area contributed by atoms with Crippen LogP contribution in [-0.4, -0.2) is 13.1 Å². The molecule has 0 fully saturated rings. The average molecular weight is 167 g/mol. The zero-order valence-corrected chi connectivity index (χ0v) is 6.44. The molecule has 1 aromatic rings. The SMILES string of the molecule is COc1ccc(C(=O)O[O])cc1. The van der Waals surface area contributed by atoms with Gasteiger partial charge in [-0.25, -0.2) is 4.79 Å². The van der Waals surface area contributed by atoms with E-state index in [1.807, 2.05) is 0 Å². The van der Waals surface area contributed by atoms with Crippen LogP contribution in [0.15, 0.2) is 24.3 Å². The van der Waals surface area contributed by atoms with Gasteiger partial charge >= 0.3 is 5.97 Å². The van der Waals surface area contributed by atoms with Crippen LogP contribution in [0.5, 0.6) is 5.75 Å². The van der Waals surface area contributed by atoms with Crippen LogP contribution in [0.3, 0.4) is 0 Å². The van der Waals surface area contributed by atoms with Crippen LogP contribution in [0.4, 0.5) is 0 Å². The third kappa shape index (κ3) is 1.73. The lowest BCUT2D eigenvalue weighted by molar-refractivity contribution is -0.245. The van der Waals surface area contributed by atoms with Crippen LogP contribution in [0.1, 0.15) is 10.4 Å². The van der Waals surface area contributed by atoms with Crippen molar-refractivity contribution in [3.8, 4) is 5.75 Å². The Morgan fingerprint density at radius 1 is 1.25 bits per heavy atom. The predicted octanol–water partition coefficient (Wildman–Crippen LogP) is 1.20. The van der Waals surface area contributed by atoms with Crippen LogP contribution in [0, 0.1) is 0 Å². The van der Waals surface area contributed by atoms with Crippen LogP contribution in [-0.2, 0) is 10.1 Å². The van der Waals surface area contributed by atoms with Crippen molar-refractivity contribution >= 4 is 5.97 Å². The van der Waals surface area contributed by atoms with Gasteiger partial charge in [-0.3, -0.25) is 4.89 Å². The zero-order chi connectivity index (χ0) is 8.97. The van der Waals surface area contributed by atoms with Gasteiger partial charge in [0, 0.05) is 5.26 Å². The van der Waals surface area contributed by atoms with Gasteiger partial charge in [-0.2, -0.15) is 0 Å². The summed E-state index contributed by atoms with van der Waals surface area (Å²) in [5.74, 6) is -0.268. The summed E-state index contributed by atoms with van der Waals surface area (Å²) in [6, 6.07) is 6.07. The van der Waals surface area contributed by atoms with Gasteiger partial charge in [0.1, 0.15) is 5.75 Å². The van der Waals surface area contributed by atoms with Gasteiger partial charge < -0.3 is 4.74 Å². The topological polar surface area (TPSA) is 55.4 Å². The minimum absolute atomic E-state index is 0.214. The molecule has 63 valence electrons. The van der Waals surface area contributed by atoms with Crippen molar-refractivity contribution in [1.82, 2.24) is 0 Å². The molecular formula is C8H7O4. The van der Waals surface area contributed by atoms with Crippen LogP contribution in [0.2, 0.25) is 0 Å². The van der Waals surface area contributed by atoms with Gasteiger partial charge in [0.05, 0.1) is 12.7 Å². The molecule has 0 saturated carbocycles. The summed E-state index contributed by atoms with van der Waals surface area (Å²) < 4.78 is 4.85. The van der Waals surface area contributed by atoms with E-state index < -0.39 is 5.97 Å². The molecule has 1 rings (SSSR count). The Bertz CT molecular complexity index is 265. The minimum Gasteiger partial charge on any atom is -0.497 e. The van der Waals surface area contributed by atoms with Gasteiger partial charge in [-0.05, 0) is 24.3 Å². The zero-order valence-electron chi connectivity index (χ0n) is 6.44. The Morgan fingerprint density at radius 2 is 1.83 bits per heavy atom. The maximum absolute atomic E-state index is 10.6. The van der Waals surface area contributed by atoms with Crippen molar-refractivity contribution in [1.29, 1.82) is 0 Å². The summed E-state index contributed by atoms with van der Waals surface area (Å²) in [6.45, 7) is 0. The van der Waals surface area contributed by atoms with E-state index in [-0.39, 0.29) is 5.56 Å². The van der Waals surface area contributed by atoms with Crippen molar-refractivity contribution in [3.05, 3.63) is 29.8 Å². The highest BCUT2D eigenvalue weighted by Crippen LogP contribution is 2.11. The second-order valence-corrected chi connectivity index (χ2v) is 2.10. The standard InChI is InChI=1S/C8H7O4/c1-11-7-4-2-6(3-5-7)8(9)12-10/h2-5H,1H3.